The molecule has 0 saturated carbocycles. The Labute approximate surface area is 320 Å². The van der Waals surface area contributed by atoms with Gasteiger partial charge in [0.15, 0.2) is 0 Å². The third-order valence-electron chi connectivity index (χ3n) is 9.12. The van der Waals surface area contributed by atoms with Crippen LogP contribution in [0, 0.1) is 0 Å². The second-order valence-electron chi connectivity index (χ2n) is 11.9. The van der Waals surface area contributed by atoms with Crippen LogP contribution in [0.5, 0.6) is 0 Å². The smallest absolute Gasteiger partial charge is 0.137 e. The molecule has 51 heavy (non-hydrogen) atoms. The molecule has 0 aliphatic rings. The molecule has 3 nitrogen and oxygen atoms in total. The van der Waals surface area contributed by atoms with Gasteiger partial charge in [-0.15, -0.1) is 0 Å². The first-order chi connectivity index (χ1) is 33.2. The fourth-order valence-corrected chi connectivity index (χ4v) is 6.98. The minimum atomic E-state index is -0.859. The Morgan fingerprint density at radius 1 is 0.412 bits per heavy atom. The van der Waals surface area contributed by atoms with E-state index in [1.165, 1.54) is 0 Å². The van der Waals surface area contributed by atoms with Crippen molar-refractivity contribution in [2.24, 2.45) is 0 Å². The van der Waals surface area contributed by atoms with E-state index in [1.807, 2.05) is 18.2 Å². The molecule has 0 unspecified atom stereocenters. The average molecular weight is 670 g/mol. The zero-order valence-corrected chi connectivity index (χ0v) is 26.2. The number of fused-ring (bicyclic) bond motifs is 9. The molecule has 0 aliphatic carbocycles. The Kier molecular flexibility index (Phi) is 3.26. The van der Waals surface area contributed by atoms with Crippen LogP contribution < -0.4 is 0 Å². The third kappa shape index (κ3) is 4.19. The number of benzene rings is 8. The SMILES string of the molecule is [2H]c1c([2H])c([2H])c(-c2c([2H])c([2H])c([2H])c(-c3c([2H])c([2H])c4oc5c([2H])c([2H])c([2H])c(-n6c7ccccc7c7cc(-n8c9ccccc9c9c([2H])c([2H])c([2H])c([2H])c98)ccc76)c5c4c3[2H])c2[2H])c([2H])c1[2H]. The normalized spacial score (nSPS) is 17.1. The van der Waals surface area contributed by atoms with Crippen molar-refractivity contribution in [2.75, 3.05) is 0 Å². The Morgan fingerprint density at radius 3 is 1.94 bits per heavy atom. The van der Waals surface area contributed by atoms with Gasteiger partial charge in [0, 0.05) is 32.6 Å². The summed E-state index contributed by atoms with van der Waals surface area (Å²) >= 11 is 0. The molecule has 0 N–H and O–H groups in total. The van der Waals surface area contributed by atoms with E-state index in [0.717, 1.165) is 0 Å². The van der Waals surface area contributed by atoms with Crippen LogP contribution in [0.3, 0.4) is 0 Å². The summed E-state index contributed by atoms with van der Waals surface area (Å²) in [5.41, 5.74) is -0.959. The maximum absolute atomic E-state index is 9.80. The summed E-state index contributed by atoms with van der Waals surface area (Å²) in [6.45, 7) is 0. The summed E-state index contributed by atoms with van der Waals surface area (Å²) in [5, 5.41) is 1.78. The van der Waals surface area contributed by atoms with Crippen LogP contribution in [0.25, 0.3) is 99.2 Å². The number of nitrogens with zero attached hydrogens (tertiary/aromatic N) is 2. The molecule has 3 aromatic heterocycles. The number of furan rings is 1. The summed E-state index contributed by atoms with van der Waals surface area (Å²) in [5.74, 6) is 0. The summed E-state index contributed by atoms with van der Waals surface area (Å²) in [7, 11) is 0. The molecular formula is C48H30N2O. The topological polar surface area (TPSA) is 23.0 Å². The Bertz CT molecular complexity index is 4220. The van der Waals surface area contributed by atoms with Gasteiger partial charge in [0.25, 0.3) is 0 Å². The molecule has 0 radical (unpaired) electrons. The number of aromatic nitrogens is 2. The van der Waals surface area contributed by atoms with E-state index < -0.39 is 125 Å². The van der Waals surface area contributed by atoms with Crippen LogP contribution >= 0.6 is 0 Å². The van der Waals surface area contributed by atoms with E-state index in [4.69, 9.17) is 23.6 Å². The van der Waals surface area contributed by atoms with Crippen molar-refractivity contribution in [3.63, 3.8) is 0 Å². The van der Waals surface area contributed by atoms with E-state index in [9.17, 15) is 6.85 Å². The average Bonchev–Trinajstić information content (AvgIpc) is 4.03. The molecule has 0 saturated heterocycles. The summed E-state index contributed by atoms with van der Waals surface area (Å²) < 4.78 is 178. The molecule has 0 spiro atoms. The number of para-hydroxylation sites is 3. The van der Waals surface area contributed by atoms with Gasteiger partial charge in [-0.3, -0.25) is 0 Å². The summed E-state index contributed by atoms with van der Waals surface area (Å²) in [4.78, 5) is 0. The van der Waals surface area contributed by atoms with Crippen LogP contribution in [0.15, 0.2) is 186 Å². The highest BCUT2D eigenvalue weighted by Gasteiger charge is 2.20. The first kappa shape index (κ1) is 15.4. The lowest BCUT2D eigenvalue weighted by Crippen LogP contribution is -1.96. The lowest BCUT2D eigenvalue weighted by atomic mass is 9.98. The van der Waals surface area contributed by atoms with Gasteiger partial charge < -0.3 is 13.6 Å². The first-order valence-corrected chi connectivity index (χ1v) is 15.9. The van der Waals surface area contributed by atoms with Crippen molar-refractivity contribution in [1.29, 1.82) is 0 Å². The van der Waals surface area contributed by atoms with Crippen molar-refractivity contribution in [1.82, 2.24) is 9.13 Å². The summed E-state index contributed by atoms with van der Waals surface area (Å²) in [6.07, 6.45) is 0. The molecule has 0 atom stereocenters. The first-order valence-electron chi connectivity index (χ1n) is 25.4. The van der Waals surface area contributed by atoms with Crippen LogP contribution in [0.4, 0.5) is 0 Å². The highest BCUT2D eigenvalue weighted by Crippen LogP contribution is 2.41. The quantitative estimate of drug-likeness (QED) is 0.183. The monoisotopic (exact) mass is 669 g/mol. The fraction of sp³-hybridized carbons (Fsp3) is 0. The van der Waals surface area contributed by atoms with E-state index in [2.05, 4.69) is 0 Å². The second kappa shape index (κ2) is 10.8. The lowest BCUT2D eigenvalue weighted by Gasteiger charge is -2.11. The molecule has 11 rings (SSSR count). The highest BCUT2D eigenvalue weighted by molar-refractivity contribution is 6.16. The zero-order chi connectivity index (χ0) is 50.0. The van der Waals surface area contributed by atoms with Crippen molar-refractivity contribution in [3.8, 4) is 33.6 Å². The Morgan fingerprint density at radius 2 is 1.08 bits per heavy atom. The molecule has 11 aromatic rings. The van der Waals surface area contributed by atoms with E-state index in [0.29, 0.717) is 43.8 Å². The Hall–Kier alpha value is -6.84. The number of rotatable bonds is 4. The molecule has 0 aliphatic heterocycles. The number of hydrogen-bond donors (Lipinski definition) is 0. The van der Waals surface area contributed by atoms with Crippen molar-refractivity contribution < 1.29 is 30.5 Å². The Balaban J connectivity index is 1.25. The van der Waals surface area contributed by atoms with Crippen LogP contribution in [0.2, 0.25) is 0 Å². The third-order valence-corrected chi connectivity index (χ3v) is 9.12. The maximum atomic E-state index is 9.80. The molecular weight excluding hydrogens is 621 g/mol. The lowest BCUT2D eigenvalue weighted by molar-refractivity contribution is 0.669. The molecule has 8 aromatic carbocycles. The van der Waals surface area contributed by atoms with Crippen LogP contribution in [-0.4, -0.2) is 9.13 Å². The highest BCUT2D eigenvalue weighted by atomic mass is 16.3. The maximum Gasteiger partial charge on any atom is 0.137 e. The van der Waals surface area contributed by atoms with Gasteiger partial charge in [-0.05, 0) is 88.8 Å². The minimum absolute atomic E-state index is 0.0732. The van der Waals surface area contributed by atoms with Crippen LogP contribution in [-0.2, 0) is 0 Å². The predicted octanol–water partition coefficient (Wildman–Crippen LogP) is 13.1. The second-order valence-corrected chi connectivity index (χ2v) is 11.9. The van der Waals surface area contributed by atoms with E-state index in [1.54, 1.807) is 57.7 Å². The molecule has 3 heterocycles. The summed E-state index contributed by atoms with van der Waals surface area (Å²) in [6, 6.07) is 7.30. The van der Waals surface area contributed by atoms with Gasteiger partial charge in [-0.1, -0.05) is 115 Å². The largest absolute Gasteiger partial charge is 0.456 e. The van der Waals surface area contributed by atoms with Crippen molar-refractivity contribution in [3.05, 3.63) is 182 Å². The van der Waals surface area contributed by atoms with Crippen molar-refractivity contribution >= 4 is 65.6 Å². The molecule has 3 heteroatoms. The van der Waals surface area contributed by atoms with Gasteiger partial charge in [0.05, 0.1) is 59.2 Å². The number of hydrogen-bond acceptors (Lipinski definition) is 1. The van der Waals surface area contributed by atoms with Gasteiger partial charge in [0.2, 0.25) is 0 Å². The van der Waals surface area contributed by atoms with E-state index >= 15 is 0 Å². The van der Waals surface area contributed by atoms with Crippen LogP contribution in [0.1, 0.15) is 26.0 Å². The molecule has 0 amide bonds. The van der Waals surface area contributed by atoms with Gasteiger partial charge in [-0.25, -0.2) is 0 Å². The molecule has 0 bridgehead atoms. The van der Waals surface area contributed by atoms with E-state index in [-0.39, 0.29) is 45.7 Å². The van der Waals surface area contributed by atoms with Gasteiger partial charge >= 0.3 is 0 Å². The van der Waals surface area contributed by atoms with Gasteiger partial charge in [-0.2, -0.15) is 0 Å². The molecule has 0 fully saturated rings. The molecule has 238 valence electrons. The fourth-order valence-electron chi connectivity index (χ4n) is 6.98. The van der Waals surface area contributed by atoms with Gasteiger partial charge in [0.1, 0.15) is 11.2 Å². The minimum Gasteiger partial charge on any atom is -0.456 e. The standard InChI is InChI=1S/C48H30N2O/c1-2-12-31(13-3-1)32-14-10-15-33(28-32)34-24-27-46-40(29-34)48-45(22-11-23-47(48)51-46)50-43-21-9-6-18-38(43)39-30-35(25-26-44(39)50)49-41-19-7-4-16-36(41)37-17-5-8-20-42(37)49/h1-30H/i1D,2D,3D,4D,7D,10D,11D,12D,13D,14D,15D,16D,19D,22D,23D,24D,27D,28D,29D. The predicted molar refractivity (Wildman–Crippen MR) is 213 cm³/mol. The van der Waals surface area contributed by atoms with Crippen molar-refractivity contribution in [2.45, 2.75) is 0 Å². The zero-order valence-electron chi connectivity index (χ0n) is 45.2.